The molecule has 9 aromatic rings. The highest BCUT2D eigenvalue weighted by molar-refractivity contribution is 6.25. The molecule has 0 aliphatic rings. The number of furan rings is 1. The molecule has 46 heavy (non-hydrogen) atoms. The first-order chi connectivity index (χ1) is 22.8. The Morgan fingerprint density at radius 1 is 0.435 bits per heavy atom. The number of para-hydroxylation sites is 1. The number of hydrogen-bond donors (Lipinski definition) is 0. The van der Waals surface area contributed by atoms with Crippen LogP contribution in [0.15, 0.2) is 168 Å². The average Bonchev–Trinajstić information content (AvgIpc) is 3.50. The minimum absolute atomic E-state index is 0.842. The van der Waals surface area contributed by atoms with Crippen molar-refractivity contribution in [2.75, 3.05) is 0 Å². The Morgan fingerprint density at radius 3 is 2.02 bits per heavy atom. The van der Waals surface area contributed by atoms with Gasteiger partial charge < -0.3 is 4.42 Å². The lowest BCUT2D eigenvalue weighted by atomic mass is 9.86. The van der Waals surface area contributed by atoms with Crippen LogP contribution in [0.2, 0.25) is 0 Å². The molecule has 0 saturated carbocycles. The molecule has 0 radical (unpaired) electrons. The highest BCUT2D eigenvalue weighted by Gasteiger charge is 2.16. The molecular formula is C45H30O. The molecule has 0 atom stereocenters. The second kappa shape index (κ2) is 10.9. The van der Waals surface area contributed by atoms with Crippen molar-refractivity contribution in [1.82, 2.24) is 0 Å². The molecule has 0 spiro atoms. The van der Waals surface area contributed by atoms with Gasteiger partial charge in [0.15, 0.2) is 0 Å². The minimum atomic E-state index is 0.842. The summed E-state index contributed by atoms with van der Waals surface area (Å²) < 4.78 is 6.07. The van der Waals surface area contributed by atoms with Crippen LogP contribution < -0.4 is 0 Å². The van der Waals surface area contributed by atoms with E-state index < -0.39 is 0 Å². The van der Waals surface area contributed by atoms with Crippen LogP contribution >= 0.6 is 0 Å². The second-order valence-corrected chi connectivity index (χ2v) is 12.0. The third kappa shape index (κ3) is 4.40. The zero-order valence-corrected chi connectivity index (χ0v) is 25.3. The van der Waals surface area contributed by atoms with Gasteiger partial charge in [-0.05, 0) is 90.3 Å². The molecule has 1 heteroatoms. The molecule has 1 heterocycles. The average molecular weight is 587 g/mol. The largest absolute Gasteiger partial charge is 0.456 e. The topological polar surface area (TPSA) is 13.1 Å². The summed E-state index contributed by atoms with van der Waals surface area (Å²) >= 11 is 0. The van der Waals surface area contributed by atoms with E-state index in [1.807, 2.05) is 12.1 Å². The van der Waals surface area contributed by atoms with Crippen molar-refractivity contribution < 1.29 is 4.42 Å². The van der Waals surface area contributed by atoms with E-state index in [2.05, 4.69) is 158 Å². The van der Waals surface area contributed by atoms with E-state index in [1.54, 1.807) is 0 Å². The molecule has 0 fully saturated rings. The molecule has 8 aromatic carbocycles. The maximum absolute atomic E-state index is 6.07. The van der Waals surface area contributed by atoms with E-state index in [1.165, 1.54) is 65.7 Å². The van der Waals surface area contributed by atoms with E-state index in [0.717, 1.165) is 28.4 Å². The monoisotopic (exact) mass is 586 g/mol. The van der Waals surface area contributed by atoms with Gasteiger partial charge >= 0.3 is 0 Å². The number of allylic oxidation sites excluding steroid dienone is 1. The predicted molar refractivity (Wildman–Crippen MR) is 196 cm³/mol. The van der Waals surface area contributed by atoms with E-state index >= 15 is 0 Å². The van der Waals surface area contributed by atoms with Crippen molar-refractivity contribution in [3.63, 3.8) is 0 Å². The highest BCUT2D eigenvalue weighted by atomic mass is 16.3. The van der Waals surface area contributed by atoms with Gasteiger partial charge in [0.1, 0.15) is 11.2 Å². The Hall–Kier alpha value is -5.92. The smallest absolute Gasteiger partial charge is 0.135 e. The fourth-order valence-electron chi connectivity index (χ4n) is 7.16. The molecule has 1 aromatic heterocycles. The quantitative estimate of drug-likeness (QED) is 0.144. The van der Waals surface area contributed by atoms with Gasteiger partial charge in [-0.2, -0.15) is 0 Å². The van der Waals surface area contributed by atoms with Gasteiger partial charge in [0, 0.05) is 10.8 Å². The van der Waals surface area contributed by atoms with Crippen LogP contribution in [0.1, 0.15) is 11.1 Å². The van der Waals surface area contributed by atoms with E-state index in [-0.39, 0.29) is 0 Å². The first-order valence-electron chi connectivity index (χ1n) is 15.9. The number of benzene rings is 8. The summed E-state index contributed by atoms with van der Waals surface area (Å²) in [7, 11) is 0. The van der Waals surface area contributed by atoms with Crippen molar-refractivity contribution >= 4 is 60.3 Å². The van der Waals surface area contributed by atoms with Gasteiger partial charge in [-0.15, -0.1) is 0 Å². The summed E-state index contributed by atoms with van der Waals surface area (Å²) in [5, 5.41) is 10.0. The van der Waals surface area contributed by atoms with Crippen molar-refractivity contribution in [3.05, 3.63) is 175 Å². The van der Waals surface area contributed by atoms with Crippen LogP contribution in [0.4, 0.5) is 0 Å². The van der Waals surface area contributed by atoms with Gasteiger partial charge in [0.25, 0.3) is 0 Å². The molecule has 0 N–H and O–H groups in total. The highest BCUT2D eigenvalue weighted by Crippen LogP contribution is 2.43. The summed E-state index contributed by atoms with van der Waals surface area (Å²) in [5.41, 5.74) is 9.37. The molecule has 0 aliphatic heterocycles. The molecule has 9 rings (SSSR count). The van der Waals surface area contributed by atoms with Crippen LogP contribution in [0, 0.1) is 0 Å². The maximum atomic E-state index is 6.07. The number of rotatable bonds is 5. The van der Waals surface area contributed by atoms with E-state index in [0.29, 0.717) is 0 Å². The summed E-state index contributed by atoms with van der Waals surface area (Å²) in [6, 6.07) is 56.7. The molecule has 1 nitrogen and oxygen atoms in total. The first-order valence-corrected chi connectivity index (χ1v) is 15.9. The van der Waals surface area contributed by atoms with Gasteiger partial charge in [-0.3, -0.25) is 0 Å². The summed E-state index contributed by atoms with van der Waals surface area (Å²) in [6.07, 6.45) is 5.50. The Morgan fingerprint density at radius 2 is 1.13 bits per heavy atom. The molecule has 0 saturated heterocycles. The SMILES string of the molecule is C(=C\c1c2ccccc2c(-c2ccccc2)c2c1ccc1ccccc12)/Cc1cccc(-c2ccc3oc4ccccc4c3c2)c1. The number of fused-ring (bicyclic) bond motifs is 7. The first kappa shape index (κ1) is 26.5. The van der Waals surface area contributed by atoms with Gasteiger partial charge in [-0.25, -0.2) is 0 Å². The third-order valence-electron chi connectivity index (χ3n) is 9.29. The number of hydrogen-bond acceptors (Lipinski definition) is 1. The Labute approximate surface area is 267 Å². The Bertz CT molecular complexity index is 2600. The molecule has 0 amide bonds. The van der Waals surface area contributed by atoms with Gasteiger partial charge in [0.2, 0.25) is 0 Å². The fraction of sp³-hybridized carbons (Fsp3) is 0.0222. The lowest BCUT2D eigenvalue weighted by Crippen LogP contribution is -1.91. The van der Waals surface area contributed by atoms with Crippen molar-refractivity contribution in [1.29, 1.82) is 0 Å². The fourth-order valence-corrected chi connectivity index (χ4v) is 7.16. The van der Waals surface area contributed by atoms with Crippen LogP contribution in [-0.4, -0.2) is 0 Å². The minimum Gasteiger partial charge on any atom is -0.456 e. The van der Waals surface area contributed by atoms with Crippen LogP contribution in [0.3, 0.4) is 0 Å². The molecule has 216 valence electrons. The predicted octanol–water partition coefficient (Wildman–Crippen LogP) is 12.6. The zero-order valence-electron chi connectivity index (χ0n) is 25.3. The van der Waals surface area contributed by atoms with Crippen LogP contribution in [-0.2, 0) is 6.42 Å². The maximum Gasteiger partial charge on any atom is 0.135 e. The summed E-state index contributed by atoms with van der Waals surface area (Å²) in [6.45, 7) is 0. The van der Waals surface area contributed by atoms with Crippen molar-refractivity contribution in [3.8, 4) is 22.3 Å². The van der Waals surface area contributed by atoms with E-state index in [4.69, 9.17) is 4.42 Å². The lowest BCUT2D eigenvalue weighted by Gasteiger charge is -2.17. The van der Waals surface area contributed by atoms with Gasteiger partial charge in [0.05, 0.1) is 0 Å². The third-order valence-corrected chi connectivity index (χ3v) is 9.29. The molecule has 0 bridgehead atoms. The van der Waals surface area contributed by atoms with Crippen molar-refractivity contribution in [2.24, 2.45) is 0 Å². The van der Waals surface area contributed by atoms with Crippen molar-refractivity contribution in [2.45, 2.75) is 6.42 Å². The molecule has 0 aliphatic carbocycles. The summed E-state index contributed by atoms with van der Waals surface area (Å²) in [5.74, 6) is 0. The van der Waals surface area contributed by atoms with Crippen LogP contribution in [0.5, 0.6) is 0 Å². The Kier molecular flexibility index (Phi) is 6.28. The normalized spacial score (nSPS) is 11.9. The Balaban J connectivity index is 1.15. The summed E-state index contributed by atoms with van der Waals surface area (Å²) in [4.78, 5) is 0. The second-order valence-electron chi connectivity index (χ2n) is 12.0. The molecule has 0 unspecified atom stereocenters. The van der Waals surface area contributed by atoms with Crippen LogP contribution in [0.25, 0.3) is 82.6 Å². The standard InChI is InChI=1S/C45H30O/c1-2-15-32(16-3-1)44-39-21-7-6-19-36(39)37(40-26-24-31-14-4-5-18-35(31)45(40)44)22-11-13-30-12-10-17-33(28-30)34-25-27-43-41(29-34)38-20-8-9-23-42(38)46-43/h1-12,14-29H,13H2/b22-11+. The van der Waals surface area contributed by atoms with Gasteiger partial charge in [-0.1, -0.05) is 152 Å². The van der Waals surface area contributed by atoms with E-state index in [9.17, 15) is 0 Å². The lowest BCUT2D eigenvalue weighted by molar-refractivity contribution is 0.669. The molecular weight excluding hydrogens is 556 g/mol. The zero-order chi connectivity index (χ0) is 30.5.